The molecule has 4 rings (SSSR count). The summed E-state index contributed by atoms with van der Waals surface area (Å²) in [4.78, 5) is 21.1. The predicted octanol–water partition coefficient (Wildman–Crippen LogP) is 4.26. The van der Waals surface area contributed by atoms with Gasteiger partial charge >= 0.3 is 0 Å². The Balaban J connectivity index is 1.50. The highest BCUT2D eigenvalue weighted by Crippen LogP contribution is 2.25. The van der Waals surface area contributed by atoms with Crippen molar-refractivity contribution in [1.82, 2.24) is 19.6 Å². The van der Waals surface area contributed by atoms with Gasteiger partial charge in [-0.3, -0.25) is 9.89 Å². The summed E-state index contributed by atoms with van der Waals surface area (Å²) in [5.74, 6) is 1.96. The van der Waals surface area contributed by atoms with Crippen molar-refractivity contribution in [1.29, 1.82) is 0 Å². The summed E-state index contributed by atoms with van der Waals surface area (Å²) >= 11 is 0. The number of fused-ring (bicyclic) bond motifs is 1. The van der Waals surface area contributed by atoms with Gasteiger partial charge in [0.05, 0.1) is 6.61 Å². The van der Waals surface area contributed by atoms with Crippen LogP contribution < -0.4 is 15.6 Å². The van der Waals surface area contributed by atoms with Crippen molar-refractivity contribution in [3.05, 3.63) is 76.6 Å². The molecule has 0 bridgehead atoms. The van der Waals surface area contributed by atoms with Gasteiger partial charge < -0.3 is 10.1 Å². The van der Waals surface area contributed by atoms with E-state index in [1.807, 2.05) is 42.5 Å². The first-order chi connectivity index (χ1) is 14.9. The van der Waals surface area contributed by atoms with E-state index in [9.17, 15) is 4.79 Å². The summed E-state index contributed by atoms with van der Waals surface area (Å²) in [6, 6.07) is 19.4. The third kappa shape index (κ3) is 4.94. The summed E-state index contributed by atoms with van der Waals surface area (Å²) in [6.45, 7) is 7.76. The highest BCUT2D eigenvalue weighted by Gasteiger charge is 2.15. The van der Waals surface area contributed by atoms with Gasteiger partial charge in [0, 0.05) is 18.2 Å². The smallest absolute Gasteiger partial charge is 0.266 e. The van der Waals surface area contributed by atoms with Gasteiger partial charge in [0.25, 0.3) is 5.56 Å². The molecule has 2 N–H and O–H groups in total. The molecule has 0 fully saturated rings. The second-order valence-electron chi connectivity index (χ2n) is 8.45. The van der Waals surface area contributed by atoms with E-state index in [1.54, 1.807) is 4.52 Å². The number of hydrogen-bond donors (Lipinski definition) is 2. The lowest BCUT2D eigenvalue weighted by molar-refractivity contribution is 0.315. The quantitative estimate of drug-likeness (QED) is 0.439. The number of benzene rings is 2. The molecule has 7 heteroatoms. The van der Waals surface area contributed by atoms with Crippen LogP contribution in [-0.4, -0.2) is 32.7 Å². The minimum absolute atomic E-state index is 0.0752. The molecule has 2 aromatic heterocycles. The standard InChI is InChI=1S/C24H27N5O2/c1-24(2,3)18-12-10-17(11-13-18)22-26-20-16-21(30)28-29(20)23(27-22)25-14-7-15-31-19-8-5-4-6-9-19/h4-6,8-13,16H,7,14-15H2,1-3H3,(H,28,30)(H,25,26,27). The predicted molar refractivity (Wildman–Crippen MR) is 123 cm³/mol. The molecule has 7 nitrogen and oxygen atoms in total. The van der Waals surface area contributed by atoms with E-state index >= 15 is 0 Å². The Bertz CT molecular complexity index is 1200. The molecule has 31 heavy (non-hydrogen) atoms. The maximum atomic E-state index is 11.9. The van der Waals surface area contributed by atoms with Crippen LogP contribution in [0.25, 0.3) is 17.0 Å². The van der Waals surface area contributed by atoms with Crippen molar-refractivity contribution in [3.8, 4) is 17.1 Å². The maximum absolute atomic E-state index is 11.9. The average Bonchev–Trinajstić information content (AvgIpc) is 3.14. The molecule has 160 valence electrons. The molecule has 0 spiro atoms. The normalized spacial score (nSPS) is 11.6. The zero-order valence-electron chi connectivity index (χ0n) is 18.1. The summed E-state index contributed by atoms with van der Waals surface area (Å²) < 4.78 is 7.31. The van der Waals surface area contributed by atoms with Crippen LogP contribution in [-0.2, 0) is 5.41 Å². The van der Waals surface area contributed by atoms with Gasteiger partial charge in [-0.25, -0.2) is 9.50 Å². The zero-order valence-corrected chi connectivity index (χ0v) is 18.1. The lowest BCUT2D eigenvalue weighted by atomic mass is 9.87. The number of aromatic amines is 1. The summed E-state index contributed by atoms with van der Waals surface area (Å²) in [5, 5.41) is 6.04. The Morgan fingerprint density at radius 1 is 1.03 bits per heavy atom. The molecule has 0 radical (unpaired) electrons. The van der Waals surface area contributed by atoms with Crippen LogP contribution in [0.2, 0.25) is 0 Å². The Morgan fingerprint density at radius 2 is 1.77 bits per heavy atom. The Labute approximate surface area is 181 Å². The van der Waals surface area contributed by atoms with E-state index in [1.165, 1.54) is 11.6 Å². The van der Waals surface area contributed by atoms with Gasteiger partial charge in [0.1, 0.15) is 5.75 Å². The van der Waals surface area contributed by atoms with Gasteiger partial charge in [-0.15, -0.1) is 0 Å². The second-order valence-corrected chi connectivity index (χ2v) is 8.45. The van der Waals surface area contributed by atoms with Crippen LogP contribution in [0.4, 0.5) is 5.95 Å². The molecular formula is C24H27N5O2. The van der Waals surface area contributed by atoms with Gasteiger partial charge in [-0.2, -0.15) is 4.98 Å². The fourth-order valence-corrected chi connectivity index (χ4v) is 3.26. The number of rotatable bonds is 7. The number of ether oxygens (including phenoxy) is 1. The van der Waals surface area contributed by atoms with Crippen molar-refractivity contribution in [3.63, 3.8) is 0 Å². The Hall–Kier alpha value is -3.61. The van der Waals surface area contributed by atoms with E-state index in [0.717, 1.165) is 17.7 Å². The third-order valence-corrected chi connectivity index (χ3v) is 4.98. The molecule has 2 aromatic carbocycles. The number of anilines is 1. The van der Waals surface area contributed by atoms with Crippen molar-refractivity contribution in [2.45, 2.75) is 32.6 Å². The zero-order chi connectivity index (χ0) is 21.8. The molecule has 0 aliphatic heterocycles. The molecule has 0 aliphatic carbocycles. The summed E-state index contributed by atoms with van der Waals surface area (Å²) in [7, 11) is 0. The fourth-order valence-electron chi connectivity index (χ4n) is 3.26. The number of aromatic nitrogens is 4. The van der Waals surface area contributed by atoms with E-state index in [4.69, 9.17) is 4.74 Å². The van der Waals surface area contributed by atoms with E-state index < -0.39 is 0 Å². The van der Waals surface area contributed by atoms with E-state index in [0.29, 0.717) is 30.6 Å². The second kappa shape index (κ2) is 8.63. The van der Waals surface area contributed by atoms with Crippen LogP contribution in [0, 0.1) is 0 Å². The highest BCUT2D eigenvalue weighted by atomic mass is 16.5. The number of nitrogens with one attached hydrogen (secondary N) is 2. The molecule has 2 heterocycles. The van der Waals surface area contributed by atoms with Crippen molar-refractivity contribution in [2.24, 2.45) is 0 Å². The van der Waals surface area contributed by atoms with E-state index in [-0.39, 0.29) is 11.0 Å². The molecule has 4 aromatic rings. The van der Waals surface area contributed by atoms with Crippen molar-refractivity contribution < 1.29 is 4.74 Å². The topological polar surface area (TPSA) is 84.3 Å². The van der Waals surface area contributed by atoms with Crippen LogP contribution >= 0.6 is 0 Å². The van der Waals surface area contributed by atoms with Gasteiger partial charge in [-0.1, -0.05) is 63.2 Å². The first-order valence-electron chi connectivity index (χ1n) is 10.4. The molecule has 0 saturated heterocycles. The van der Waals surface area contributed by atoms with Gasteiger partial charge in [-0.05, 0) is 29.5 Å². The molecule has 0 amide bonds. The fraction of sp³-hybridized carbons (Fsp3) is 0.292. The number of para-hydroxylation sites is 1. The first-order valence-corrected chi connectivity index (χ1v) is 10.4. The highest BCUT2D eigenvalue weighted by molar-refractivity contribution is 5.60. The molecule has 0 saturated carbocycles. The van der Waals surface area contributed by atoms with Crippen LogP contribution in [0.5, 0.6) is 5.75 Å². The Kier molecular flexibility index (Phi) is 5.75. The van der Waals surface area contributed by atoms with Crippen LogP contribution in [0.3, 0.4) is 0 Å². The molecular weight excluding hydrogens is 390 g/mol. The molecule has 0 atom stereocenters. The van der Waals surface area contributed by atoms with Crippen molar-refractivity contribution in [2.75, 3.05) is 18.5 Å². The largest absolute Gasteiger partial charge is 0.494 e. The van der Waals surface area contributed by atoms with Gasteiger partial charge in [0.15, 0.2) is 11.5 Å². The van der Waals surface area contributed by atoms with Gasteiger partial charge in [0.2, 0.25) is 5.95 Å². The maximum Gasteiger partial charge on any atom is 0.266 e. The van der Waals surface area contributed by atoms with Crippen LogP contribution in [0.15, 0.2) is 65.5 Å². The molecule has 0 unspecified atom stereocenters. The monoisotopic (exact) mass is 417 g/mol. The summed E-state index contributed by atoms with van der Waals surface area (Å²) in [5.41, 5.74) is 2.53. The van der Waals surface area contributed by atoms with Crippen LogP contribution in [0.1, 0.15) is 32.8 Å². The lowest BCUT2D eigenvalue weighted by Gasteiger charge is -2.19. The lowest BCUT2D eigenvalue weighted by Crippen LogP contribution is -2.14. The SMILES string of the molecule is CC(C)(C)c1ccc(-c2nc(NCCCOc3ccccc3)n3[nH]c(=O)cc3n2)cc1. The number of H-pyrrole nitrogens is 1. The Morgan fingerprint density at radius 3 is 2.48 bits per heavy atom. The van der Waals surface area contributed by atoms with E-state index in [2.05, 4.69) is 53.3 Å². The summed E-state index contributed by atoms with van der Waals surface area (Å²) in [6.07, 6.45) is 0.779. The number of nitrogens with zero attached hydrogens (tertiary/aromatic N) is 3. The first kappa shape index (κ1) is 20.7. The average molecular weight is 418 g/mol. The number of hydrogen-bond acceptors (Lipinski definition) is 5. The minimum atomic E-state index is -0.218. The molecule has 0 aliphatic rings. The van der Waals surface area contributed by atoms with Crippen molar-refractivity contribution >= 4 is 11.6 Å². The minimum Gasteiger partial charge on any atom is -0.494 e. The third-order valence-electron chi connectivity index (χ3n) is 4.98.